The van der Waals surface area contributed by atoms with E-state index in [0.29, 0.717) is 114 Å². The Bertz CT molecular complexity index is 1380. The zero-order valence-corrected chi connectivity index (χ0v) is 26.3. The number of rotatable bonds is 6. The summed E-state index contributed by atoms with van der Waals surface area (Å²) < 4.78 is 38.4. The van der Waals surface area contributed by atoms with Gasteiger partial charge in [0, 0.05) is 37.3 Å². The van der Waals surface area contributed by atoms with Gasteiger partial charge in [-0.15, -0.1) is 10.2 Å². The van der Waals surface area contributed by atoms with Crippen LogP contribution >= 0.6 is 24.4 Å². The third kappa shape index (κ3) is 9.97. The summed E-state index contributed by atoms with van der Waals surface area (Å²) in [4.78, 5) is 4.99. The Balaban J connectivity index is 1.11. The van der Waals surface area contributed by atoms with Gasteiger partial charge in [0.2, 0.25) is 11.8 Å². The van der Waals surface area contributed by atoms with Gasteiger partial charge in [0.15, 0.2) is 0 Å². The predicted octanol–water partition coefficient (Wildman–Crippen LogP) is 4.36. The lowest BCUT2D eigenvalue weighted by molar-refractivity contribution is -0.000322. The molecular formula is C30H38N6O6S2. The van der Waals surface area contributed by atoms with Crippen LogP contribution in [-0.4, -0.2) is 108 Å². The molecule has 1 saturated heterocycles. The highest BCUT2D eigenvalue weighted by Crippen LogP contribution is 2.18. The van der Waals surface area contributed by atoms with Crippen LogP contribution in [0, 0.1) is 9.67 Å². The molecule has 1 fully saturated rings. The number of hydrogen-bond donors (Lipinski definition) is 0. The zero-order chi connectivity index (χ0) is 30.4. The van der Waals surface area contributed by atoms with Crippen molar-refractivity contribution in [3.05, 3.63) is 70.3 Å². The standard InChI is InChI=1S/C30H38N6O6S2/c43-29-35(31-27(41-29)25-7-3-1-4-8-25)23-33-11-15-37-19-21-39-17-13-34(14-18-40-22-20-38-16-12-33)24-36-30(44)42-28(32-36)26-9-5-2-6-10-26/h1-10H,11-24H2. The van der Waals surface area contributed by atoms with Crippen molar-refractivity contribution < 1.29 is 27.8 Å². The van der Waals surface area contributed by atoms with Crippen molar-refractivity contribution in [3.63, 3.8) is 0 Å². The van der Waals surface area contributed by atoms with E-state index in [2.05, 4.69) is 20.0 Å². The molecule has 236 valence electrons. The molecule has 0 radical (unpaired) electrons. The lowest BCUT2D eigenvalue weighted by atomic mass is 10.2. The first-order valence-electron chi connectivity index (χ1n) is 14.7. The topological polar surface area (TPSA) is 105 Å². The number of aromatic nitrogens is 4. The van der Waals surface area contributed by atoms with E-state index >= 15 is 0 Å². The Hall–Kier alpha value is -3.08. The fourth-order valence-corrected chi connectivity index (χ4v) is 4.84. The maximum Gasteiger partial charge on any atom is 0.288 e. The molecule has 2 aromatic carbocycles. The molecule has 1 aliphatic rings. The van der Waals surface area contributed by atoms with Crippen LogP contribution in [0.2, 0.25) is 0 Å². The second kappa shape index (κ2) is 17.4. The summed E-state index contributed by atoms with van der Waals surface area (Å²) in [6.07, 6.45) is 0. The molecule has 0 N–H and O–H groups in total. The maximum absolute atomic E-state index is 5.87. The number of nitrogens with zero attached hydrogens (tertiary/aromatic N) is 6. The largest absolute Gasteiger partial charge is 0.409 e. The van der Waals surface area contributed by atoms with Gasteiger partial charge in [-0.05, 0) is 48.7 Å². The van der Waals surface area contributed by atoms with Gasteiger partial charge in [-0.3, -0.25) is 9.80 Å². The number of ether oxygens (including phenoxy) is 4. The highest BCUT2D eigenvalue weighted by molar-refractivity contribution is 7.71. The quantitative estimate of drug-likeness (QED) is 0.279. The van der Waals surface area contributed by atoms with E-state index in [0.717, 1.165) is 11.1 Å². The summed E-state index contributed by atoms with van der Waals surface area (Å²) in [5.74, 6) is 0.997. The van der Waals surface area contributed by atoms with E-state index in [1.807, 2.05) is 60.7 Å². The van der Waals surface area contributed by atoms with Gasteiger partial charge in [-0.1, -0.05) is 36.4 Å². The van der Waals surface area contributed by atoms with Gasteiger partial charge in [0.1, 0.15) is 0 Å². The molecule has 0 spiro atoms. The minimum atomic E-state index is 0.323. The van der Waals surface area contributed by atoms with Gasteiger partial charge in [0.25, 0.3) is 9.67 Å². The molecule has 2 aromatic heterocycles. The summed E-state index contributed by atoms with van der Waals surface area (Å²) in [6.45, 7) is 7.71. The van der Waals surface area contributed by atoms with Crippen molar-refractivity contribution >= 4 is 24.4 Å². The fraction of sp³-hybridized carbons (Fsp3) is 0.467. The lowest BCUT2D eigenvalue weighted by Gasteiger charge is -2.23. The van der Waals surface area contributed by atoms with Crippen LogP contribution in [0.25, 0.3) is 22.9 Å². The zero-order valence-electron chi connectivity index (χ0n) is 24.6. The summed E-state index contributed by atoms with van der Waals surface area (Å²) in [7, 11) is 0. The Morgan fingerprint density at radius 1 is 0.500 bits per heavy atom. The van der Waals surface area contributed by atoms with Crippen LogP contribution in [0.15, 0.2) is 69.5 Å². The lowest BCUT2D eigenvalue weighted by Crippen LogP contribution is -2.35. The molecule has 0 atom stereocenters. The first kappa shape index (κ1) is 32.3. The molecule has 0 bridgehead atoms. The van der Waals surface area contributed by atoms with Gasteiger partial charge in [0.05, 0.1) is 66.2 Å². The molecule has 4 aromatic rings. The smallest absolute Gasteiger partial charge is 0.288 e. The Labute approximate surface area is 266 Å². The molecule has 12 nitrogen and oxygen atoms in total. The van der Waals surface area contributed by atoms with E-state index in [-0.39, 0.29) is 0 Å². The van der Waals surface area contributed by atoms with Crippen LogP contribution < -0.4 is 0 Å². The number of benzene rings is 2. The minimum absolute atomic E-state index is 0.323. The second-order valence-electron chi connectivity index (χ2n) is 10.0. The molecule has 5 rings (SSSR count). The van der Waals surface area contributed by atoms with Crippen LogP contribution in [0.4, 0.5) is 0 Å². The third-order valence-electron chi connectivity index (χ3n) is 6.87. The van der Waals surface area contributed by atoms with E-state index in [1.165, 1.54) is 0 Å². The summed E-state index contributed by atoms with van der Waals surface area (Å²) in [5.41, 5.74) is 1.76. The molecule has 0 unspecified atom stereocenters. The second-order valence-corrected chi connectivity index (χ2v) is 10.7. The van der Waals surface area contributed by atoms with E-state index in [4.69, 9.17) is 52.2 Å². The van der Waals surface area contributed by atoms with Crippen LogP contribution in [-0.2, 0) is 32.3 Å². The SMILES string of the molecule is S=c1oc(-c2ccccc2)nn1CN1CCOCCOCCN(Cn2nc(-c3ccccc3)oc2=S)CCOCCOCC1. The molecular weight excluding hydrogens is 605 g/mol. The van der Waals surface area contributed by atoms with Gasteiger partial charge < -0.3 is 27.8 Å². The fourth-order valence-electron chi connectivity index (χ4n) is 4.49. The van der Waals surface area contributed by atoms with Crippen molar-refractivity contribution in [3.8, 4) is 22.9 Å². The monoisotopic (exact) mass is 642 g/mol. The van der Waals surface area contributed by atoms with Crippen molar-refractivity contribution in [1.82, 2.24) is 29.4 Å². The van der Waals surface area contributed by atoms with Crippen LogP contribution in [0.3, 0.4) is 0 Å². The highest BCUT2D eigenvalue weighted by atomic mass is 32.1. The summed E-state index contributed by atoms with van der Waals surface area (Å²) in [5, 5.41) is 9.18. The Morgan fingerprint density at radius 2 is 0.841 bits per heavy atom. The average Bonchev–Trinajstić information content (AvgIpc) is 3.60. The molecule has 0 amide bonds. The van der Waals surface area contributed by atoms with E-state index in [9.17, 15) is 0 Å². The molecule has 3 heterocycles. The summed E-state index contributed by atoms with van der Waals surface area (Å²) in [6, 6.07) is 19.4. The third-order valence-corrected chi connectivity index (χ3v) is 7.46. The van der Waals surface area contributed by atoms with Crippen molar-refractivity contribution in [2.45, 2.75) is 13.3 Å². The Kier molecular flexibility index (Phi) is 12.8. The van der Waals surface area contributed by atoms with Crippen molar-refractivity contribution in [2.75, 3.05) is 79.0 Å². The van der Waals surface area contributed by atoms with E-state index < -0.39 is 0 Å². The predicted molar refractivity (Wildman–Crippen MR) is 168 cm³/mol. The van der Waals surface area contributed by atoms with Gasteiger partial charge >= 0.3 is 0 Å². The van der Waals surface area contributed by atoms with Crippen LogP contribution in [0.1, 0.15) is 0 Å². The highest BCUT2D eigenvalue weighted by Gasteiger charge is 2.14. The molecule has 0 aliphatic carbocycles. The molecule has 0 saturated carbocycles. The molecule has 1 aliphatic heterocycles. The van der Waals surface area contributed by atoms with Crippen molar-refractivity contribution in [1.29, 1.82) is 0 Å². The van der Waals surface area contributed by atoms with Crippen LogP contribution in [0.5, 0.6) is 0 Å². The normalized spacial score (nSPS) is 17.6. The minimum Gasteiger partial charge on any atom is -0.409 e. The molecule has 44 heavy (non-hydrogen) atoms. The maximum atomic E-state index is 5.87. The Morgan fingerprint density at radius 3 is 1.18 bits per heavy atom. The first-order chi connectivity index (χ1) is 21.7. The average molecular weight is 643 g/mol. The van der Waals surface area contributed by atoms with Crippen molar-refractivity contribution in [2.24, 2.45) is 0 Å². The van der Waals surface area contributed by atoms with Gasteiger partial charge in [-0.2, -0.15) is 0 Å². The first-order valence-corrected chi connectivity index (χ1v) is 15.5. The van der Waals surface area contributed by atoms with Gasteiger partial charge in [-0.25, -0.2) is 9.36 Å². The number of hydrogen-bond acceptors (Lipinski definition) is 12. The van der Waals surface area contributed by atoms with E-state index in [1.54, 1.807) is 9.36 Å². The summed E-state index contributed by atoms with van der Waals surface area (Å²) >= 11 is 10.9. The molecule has 14 heteroatoms.